The number of nitrogens with zero attached hydrogens (tertiary/aromatic N) is 1. The zero-order chi connectivity index (χ0) is 13.8. The van der Waals surface area contributed by atoms with Gasteiger partial charge in [-0.1, -0.05) is 20.3 Å². The van der Waals surface area contributed by atoms with Gasteiger partial charge in [-0.2, -0.15) is 0 Å². The zero-order valence-electron chi connectivity index (χ0n) is 12.9. The molecule has 2 unspecified atom stereocenters. The fourth-order valence-electron chi connectivity index (χ4n) is 2.33. The number of hydrogen-bond acceptors (Lipinski definition) is 4. The summed E-state index contributed by atoms with van der Waals surface area (Å²) in [5, 5.41) is 3.46. The van der Waals surface area contributed by atoms with Crippen LogP contribution in [0.15, 0.2) is 0 Å². The Kier molecular flexibility index (Phi) is 11.8. The first-order chi connectivity index (χ1) is 8.71. The van der Waals surface area contributed by atoms with Crippen LogP contribution in [0.25, 0.3) is 0 Å². The highest BCUT2D eigenvalue weighted by atomic mass is 16.5. The number of ether oxygens (including phenoxy) is 2. The van der Waals surface area contributed by atoms with Gasteiger partial charge in [0.05, 0.1) is 13.2 Å². The number of rotatable bonds is 12. The molecule has 0 aliphatic rings. The molecule has 0 rings (SSSR count). The molecule has 0 aromatic carbocycles. The minimum Gasteiger partial charge on any atom is -0.383 e. The maximum atomic E-state index is 5.29. The Bertz CT molecular complexity index is 179. The molecule has 4 heteroatoms. The van der Waals surface area contributed by atoms with Crippen molar-refractivity contribution < 1.29 is 9.47 Å². The summed E-state index contributed by atoms with van der Waals surface area (Å²) in [6, 6.07) is 0.996. The monoisotopic (exact) mass is 260 g/mol. The molecule has 0 aliphatic carbocycles. The molecule has 0 amide bonds. The second-order valence-electron chi connectivity index (χ2n) is 4.79. The van der Waals surface area contributed by atoms with Crippen molar-refractivity contribution in [3.63, 3.8) is 0 Å². The van der Waals surface area contributed by atoms with Crippen LogP contribution in [-0.2, 0) is 9.47 Å². The van der Waals surface area contributed by atoms with Gasteiger partial charge in [0.15, 0.2) is 0 Å². The van der Waals surface area contributed by atoms with Crippen molar-refractivity contribution in [3.05, 3.63) is 0 Å². The molecule has 0 radical (unpaired) electrons. The third kappa shape index (κ3) is 7.31. The first kappa shape index (κ1) is 17.8. The fraction of sp³-hybridized carbons (Fsp3) is 1.00. The Labute approximate surface area is 113 Å². The Morgan fingerprint density at radius 2 is 1.89 bits per heavy atom. The van der Waals surface area contributed by atoms with Crippen LogP contribution in [0.3, 0.4) is 0 Å². The standard InChI is InChI=1S/C14H32N2O2/c1-6-8-14(11-15-7-2)16(9-10-17-4)13(3)12-18-5/h13-15H,6-12H2,1-5H3. The van der Waals surface area contributed by atoms with E-state index >= 15 is 0 Å². The van der Waals surface area contributed by atoms with Crippen LogP contribution in [0.1, 0.15) is 33.6 Å². The van der Waals surface area contributed by atoms with E-state index in [0.29, 0.717) is 12.1 Å². The quantitative estimate of drug-likeness (QED) is 0.579. The summed E-state index contributed by atoms with van der Waals surface area (Å²) < 4.78 is 10.5. The van der Waals surface area contributed by atoms with Gasteiger partial charge < -0.3 is 14.8 Å². The Hall–Kier alpha value is -0.160. The molecule has 4 nitrogen and oxygen atoms in total. The van der Waals surface area contributed by atoms with Gasteiger partial charge in [0, 0.05) is 39.4 Å². The van der Waals surface area contributed by atoms with E-state index in [1.165, 1.54) is 12.8 Å². The van der Waals surface area contributed by atoms with E-state index in [1.54, 1.807) is 14.2 Å². The summed E-state index contributed by atoms with van der Waals surface area (Å²) in [5.74, 6) is 0. The van der Waals surface area contributed by atoms with E-state index in [4.69, 9.17) is 9.47 Å². The molecule has 0 bridgehead atoms. The maximum Gasteiger partial charge on any atom is 0.0615 e. The van der Waals surface area contributed by atoms with Crippen LogP contribution in [0.2, 0.25) is 0 Å². The first-order valence-corrected chi connectivity index (χ1v) is 7.15. The molecule has 2 atom stereocenters. The number of nitrogens with one attached hydrogen (secondary N) is 1. The number of methoxy groups -OCH3 is 2. The van der Waals surface area contributed by atoms with Gasteiger partial charge >= 0.3 is 0 Å². The van der Waals surface area contributed by atoms with Gasteiger partial charge in [0.25, 0.3) is 0 Å². The molecular formula is C14H32N2O2. The highest BCUT2D eigenvalue weighted by Gasteiger charge is 2.22. The minimum absolute atomic E-state index is 0.431. The van der Waals surface area contributed by atoms with Crippen molar-refractivity contribution >= 4 is 0 Å². The SMILES string of the molecule is CCCC(CNCC)N(CCOC)C(C)COC. The van der Waals surface area contributed by atoms with E-state index in [2.05, 4.69) is 31.0 Å². The van der Waals surface area contributed by atoms with E-state index in [-0.39, 0.29) is 0 Å². The molecule has 1 N–H and O–H groups in total. The van der Waals surface area contributed by atoms with Crippen LogP contribution >= 0.6 is 0 Å². The number of likely N-dealkylation sites (N-methyl/N-ethyl adjacent to an activating group) is 1. The van der Waals surface area contributed by atoms with Crippen LogP contribution in [0, 0.1) is 0 Å². The van der Waals surface area contributed by atoms with Crippen molar-refractivity contribution in [1.82, 2.24) is 10.2 Å². The van der Waals surface area contributed by atoms with E-state index in [9.17, 15) is 0 Å². The predicted octanol–water partition coefficient (Wildman–Crippen LogP) is 1.75. The van der Waals surface area contributed by atoms with E-state index in [1.807, 2.05) is 0 Å². The summed E-state index contributed by atoms with van der Waals surface area (Å²) in [5.41, 5.74) is 0. The lowest BCUT2D eigenvalue weighted by Gasteiger charge is -2.36. The van der Waals surface area contributed by atoms with Gasteiger partial charge in [-0.3, -0.25) is 4.90 Å². The Balaban J connectivity index is 4.50. The Morgan fingerprint density at radius 1 is 1.17 bits per heavy atom. The highest BCUT2D eigenvalue weighted by molar-refractivity contribution is 4.78. The third-order valence-corrected chi connectivity index (χ3v) is 3.25. The van der Waals surface area contributed by atoms with Gasteiger partial charge in [-0.25, -0.2) is 0 Å². The summed E-state index contributed by atoms with van der Waals surface area (Å²) in [6.45, 7) is 11.2. The third-order valence-electron chi connectivity index (χ3n) is 3.25. The summed E-state index contributed by atoms with van der Waals surface area (Å²) in [7, 11) is 3.53. The second-order valence-corrected chi connectivity index (χ2v) is 4.79. The minimum atomic E-state index is 0.431. The lowest BCUT2D eigenvalue weighted by atomic mass is 10.1. The smallest absolute Gasteiger partial charge is 0.0615 e. The second kappa shape index (κ2) is 11.9. The van der Waals surface area contributed by atoms with Crippen molar-refractivity contribution in [3.8, 4) is 0 Å². The molecule has 0 heterocycles. The largest absolute Gasteiger partial charge is 0.383 e. The lowest BCUT2D eigenvalue weighted by molar-refractivity contribution is 0.0440. The molecule has 0 fully saturated rings. The molecule has 0 aromatic heterocycles. The predicted molar refractivity (Wildman–Crippen MR) is 77.2 cm³/mol. The molecule has 0 aliphatic heterocycles. The van der Waals surface area contributed by atoms with Gasteiger partial charge in [0.1, 0.15) is 0 Å². The maximum absolute atomic E-state index is 5.29. The molecular weight excluding hydrogens is 228 g/mol. The average molecular weight is 260 g/mol. The summed E-state index contributed by atoms with van der Waals surface area (Å²) in [4.78, 5) is 2.51. The topological polar surface area (TPSA) is 33.7 Å². The van der Waals surface area contributed by atoms with Crippen LogP contribution in [0.5, 0.6) is 0 Å². The van der Waals surface area contributed by atoms with Crippen LogP contribution < -0.4 is 5.32 Å². The van der Waals surface area contributed by atoms with Crippen LogP contribution in [0.4, 0.5) is 0 Å². The van der Waals surface area contributed by atoms with Gasteiger partial charge in [-0.05, 0) is 19.9 Å². The van der Waals surface area contributed by atoms with Crippen molar-refractivity contribution in [2.45, 2.75) is 45.7 Å². The van der Waals surface area contributed by atoms with Crippen molar-refractivity contribution in [2.75, 3.05) is 47.1 Å². The summed E-state index contributed by atoms with van der Waals surface area (Å²) in [6.07, 6.45) is 2.42. The molecule has 0 spiro atoms. The van der Waals surface area contributed by atoms with E-state index in [0.717, 1.165) is 32.8 Å². The highest BCUT2D eigenvalue weighted by Crippen LogP contribution is 2.11. The van der Waals surface area contributed by atoms with Crippen molar-refractivity contribution in [2.24, 2.45) is 0 Å². The molecule has 0 saturated heterocycles. The average Bonchev–Trinajstić information content (AvgIpc) is 2.36. The van der Waals surface area contributed by atoms with Crippen LogP contribution in [-0.4, -0.2) is 64.1 Å². The van der Waals surface area contributed by atoms with E-state index < -0.39 is 0 Å². The molecule has 0 aromatic rings. The van der Waals surface area contributed by atoms with Gasteiger partial charge in [0.2, 0.25) is 0 Å². The Morgan fingerprint density at radius 3 is 2.39 bits per heavy atom. The lowest BCUT2D eigenvalue weighted by Crippen LogP contribution is -2.49. The summed E-state index contributed by atoms with van der Waals surface area (Å²) >= 11 is 0. The normalized spacial score (nSPS) is 15.0. The molecule has 110 valence electrons. The first-order valence-electron chi connectivity index (χ1n) is 7.15. The zero-order valence-corrected chi connectivity index (χ0v) is 12.9. The van der Waals surface area contributed by atoms with Gasteiger partial charge in [-0.15, -0.1) is 0 Å². The van der Waals surface area contributed by atoms with Crippen molar-refractivity contribution in [1.29, 1.82) is 0 Å². The molecule has 18 heavy (non-hydrogen) atoms. The number of hydrogen-bond donors (Lipinski definition) is 1. The fourth-order valence-corrected chi connectivity index (χ4v) is 2.33. The molecule has 0 saturated carbocycles.